The van der Waals surface area contributed by atoms with Crippen LogP contribution in [0.5, 0.6) is 0 Å². The molecule has 4 nitrogen and oxygen atoms in total. The standard InChI is InChI=1S/C17H19NO.C14H15NO.2C2H6/c1-13(2)17(19)18-16(14-9-5-3-6-10-14)15-11-7-4-8-12-15;1-10(2)14(16)15-13-8-7-11-5-3-4-6-12(11)9-13;2*1-2/h3-13,16H,1-2H3,(H,18,19);3-10H,1-2H3,(H,15,16);2*1-2H3. The minimum atomic E-state index is -0.0858. The molecular formula is C35H46N2O2. The van der Waals surface area contributed by atoms with E-state index in [0.717, 1.165) is 22.2 Å². The van der Waals surface area contributed by atoms with Gasteiger partial charge in [0.2, 0.25) is 11.8 Å². The number of carbonyl (C=O) groups excluding carboxylic acids is 2. The van der Waals surface area contributed by atoms with Gasteiger partial charge in [-0.3, -0.25) is 9.59 Å². The molecule has 208 valence electrons. The summed E-state index contributed by atoms with van der Waals surface area (Å²) < 4.78 is 0. The number of benzene rings is 4. The second kappa shape index (κ2) is 18.4. The highest BCUT2D eigenvalue weighted by atomic mass is 16.2. The molecule has 4 aromatic rings. The Morgan fingerprint density at radius 1 is 0.538 bits per heavy atom. The summed E-state index contributed by atoms with van der Waals surface area (Å²) in [6, 6.07) is 34.1. The fourth-order valence-corrected chi connectivity index (χ4v) is 3.51. The van der Waals surface area contributed by atoms with Gasteiger partial charge in [-0.1, -0.05) is 146 Å². The first-order chi connectivity index (χ1) is 18.8. The van der Waals surface area contributed by atoms with Crippen LogP contribution in [0.2, 0.25) is 0 Å². The van der Waals surface area contributed by atoms with Crippen molar-refractivity contribution < 1.29 is 9.59 Å². The first kappa shape index (κ1) is 33.1. The Kier molecular flexibility index (Phi) is 15.6. The second-order valence-corrected chi connectivity index (χ2v) is 9.12. The molecule has 0 radical (unpaired) electrons. The zero-order chi connectivity index (χ0) is 29.2. The molecule has 0 aliphatic rings. The van der Waals surface area contributed by atoms with Crippen molar-refractivity contribution in [3.05, 3.63) is 114 Å². The Bertz CT molecular complexity index is 1200. The van der Waals surface area contributed by atoms with Gasteiger partial charge in [-0.25, -0.2) is 0 Å². The third-order valence-corrected chi connectivity index (χ3v) is 5.62. The van der Waals surface area contributed by atoms with Crippen LogP contribution in [0.25, 0.3) is 10.8 Å². The van der Waals surface area contributed by atoms with Crippen LogP contribution in [-0.4, -0.2) is 11.8 Å². The molecule has 39 heavy (non-hydrogen) atoms. The predicted molar refractivity (Wildman–Crippen MR) is 168 cm³/mol. The van der Waals surface area contributed by atoms with Crippen LogP contribution < -0.4 is 10.6 Å². The van der Waals surface area contributed by atoms with Crippen LogP contribution in [0.15, 0.2) is 103 Å². The number of hydrogen-bond donors (Lipinski definition) is 2. The molecule has 0 unspecified atom stereocenters. The number of nitrogens with one attached hydrogen (secondary N) is 2. The highest BCUT2D eigenvalue weighted by Gasteiger charge is 2.17. The maximum atomic E-state index is 12.0. The average molecular weight is 527 g/mol. The Morgan fingerprint density at radius 2 is 0.974 bits per heavy atom. The molecule has 2 amide bonds. The lowest BCUT2D eigenvalue weighted by molar-refractivity contribution is -0.124. The van der Waals surface area contributed by atoms with Crippen molar-refractivity contribution in [2.75, 3.05) is 5.32 Å². The van der Waals surface area contributed by atoms with Gasteiger partial charge in [-0.2, -0.15) is 0 Å². The normalized spacial score (nSPS) is 9.92. The number of fused-ring (bicyclic) bond motifs is 1. The Balaban J connectivity index is 0.000000350. The third-order valence-electron chi connectivity index (χ3n) is 5.62. The van der Waals surface area contributed by atoms with E-state index in [0.29, 0.717) is 0 Å². The molecule has 0 aliphatic heterocycles. The smallest absolute Gasteiger partial charge is 0.226 e. The monoisotopic (exact) mass is 526 g/mol. The minimum Gasteiger partial charge on any atom is -0.345 e. The first-order valence-corrected chi connectivity index (χ1v) is 14.0. The van der Waals surface area contributed by atoms with Crippen molar-refractivity contribution in [1.82, 2.24) is 5.32 Å². The lowest BCUT2D eigenvalue weighted by Gasteiger charge is -2.21. The lowest BCUT2D eigenvalue weighted by Crippen LogP contribution is -2.32. The van der Waals surface area contributed by atoms with Crippen molar-refractivity contribution >= 4 is 28.3 Å². The Morgan fingerprint density at radius 3 is 1.44 bits per heavy atom. The molecular weight excluding hydrogens is 480 g/mol. The topological polar surface area (TPSA) is 58.2 Å². The molecule has 0 atom stereocenters. The van der Waals surface area contributed by atoms with Crippen LogP contribution in [0.3, 0.4) is 0 Å². The molecule has 0 aromatic heterocycles. The Hall–Kier alpha value is -3.92. The van der Waals surface area contributed by atoms with E-state index in [1.807, 2.05) is 152 Å². The van der Waals surface area contributed by atoms with Crippen molar-refractivity contribution in [1.29, 1.82) is 0 Å². The molecule has 0 bridgehead atoms. The average Bonchev–Trinajstić information content (AvgIpc) is 2.99. The summed E-state index contributed by atoms with van der Waals surface area (Å²) >= 11 is 0. The summed E-state index contributed by atoms with van der Waals surface area (Å²) in [4.78, 5) is 23.5. The molecule has 0 saturated carbocycles. The zero-order valence-corrected chi connectivity index (χ0v) is 24.9. The van der Waals surface area contributed by atoms with Gasteiger partial charge in [0, 0.05) is 17.5 Å². The first-order valence-electron chi connectivity index (χ1n) is 14.0. The maximum Gasteiger partial charge on any atom is 0.226 e. The van der Waals surface area contributed by atoms with E-state index >= 15 is 0 Å². The maximum absolute atomic E-state index is 12.0. The van der Waals surface area contributed by atoms with E-state index in [4.69, 9.17) is 0 Å². The molecule has 0 spiro atoms. The van der Waals surface area contributed by atoms with Crippen LogP contribution in [0.1, 0.15) is 72.6 Å². The number of rotatable bonds is 6. The van der Waals surface area contributed by atoms with Gasteiger partial charge in [0.15, 0.2) is 0 Å². The van der Waals surface area contributed by atoms with Crippen LogP contribution >= 0.6 is 0 Å². The number of anilines is 1. The van der Waals surface area contributed by atoms with E-state index < -0.39 is 0 Å². The summed E-state index contributed by atoms with van der Waals surface area (Å²) in [6.45, 7) is 15.6. The minimum absolute atomic E-state index is 0.00599. The molecule has 0 saturated heterocycles. The summed E-state index contributed by atoms with van der Waals surface area (Å²) in [5, 5.41) is 8.33. The quantitative estimate of drug-likeness (QED) is 0.263. The molecule has 0 heterocycles. The van der Waals surface area contributed by atoms with Crippen molar-refractivity contribution in [2.45, 2.75) is 61.4 Å². The molecule has 4 heteroatoms. The van der Waals surface area contributed by atoms with Gasteiger partial charge in [0.25, 0.3) is 0 Å². The van der Waals surface area contributed by atoms with Crippen molar-refractivity contribution in [3.8, 4) is 0 Å². The van der Waals surface area contributed by atoms with E-state index in [2.05, 4.69) is 16.7 Å². The van der Waals surface area contributed by atoms with Gasteiger partial charge in [0.1, 0.15) is 0 Å². The van der Waals surface area contributed by atoms with E-state index in [1.54, 1.807) is 0 Å². The van der Waals surface area contributed by atoms with Gasteiger partial charge in [0.05, 0.1) is 6.04 Å². The molecule has 0 aliphatic carbocycles. The number of carbonyl (C=O) groups is 2. The molecule has 2 N–H and O–H groups in total. The number of amides is 2. The number of hydrogen-bond acceptors (Lipinski definition) is 2. The van der Waals surface area contributed by atoms with Crippen molar-refractivity contribution in [2.24, 2.45) is 11.8 Å². The van der Waals surface area contributed by atoms with Crippen molar-refractivity contribution in [3.63, 3.8) is 0 Å². The fourth-order valence-electron chi connectivity index (χ4n) is 3.51. The van der Waals surface area contributed by atoms with E-state index in [9.17, 15) is 9.59 Å². The second-order valence-electron chi connectivity index (χ2n) is 9.12. The van der Waals surface area contributed by atoms with E-state index in [1.165, 1.54) is 5.39 Å². The molecule has 0 fully saturated rings. The van der Waals surface area contributed by atoms with Crippen LogP contribution in [0.4, 0.5) is 5.69 Å². The largest absolute Gasteiger partial charge is 0.345 e. The summed E-state index contributed by atoms with van der Waals surface area (Å²) in [5.74, 6) is 0.106. The van der Waals surface area contributed by atoms with Gasteiger partial charge in [-0.05, 0) is 34.0 Å². The highest BCUT2D eigenvalue weighted by Crippen LogP contribution is 2.22. The predicted octanol–water partition coefficient (Wildman–Crippen LogP) is 9.03. The van der Waals surface area contributed by atoms with Gasteiger partial charge in [-0.15, -0.1) is 0 Å². The molecule has 4 aromatic carbocycles. The zero-order valence-electron chi connectivity index (χ0n) is 24.9. The third kappa shape index (κ3) is 11.2. The SMILES string of the molecule is CC.CC.CC(C)C(=O)NC(c1ccccc1)c1ccccc1.CC(C)C(=O)Nc1ccc2ccccc2c1. The fraction of sp³-hybridized carbons (Fsp3) is 0.314. The van der Waals surface area contributed by atoms with Crippen LogP contribution in [-0.2, 0) is 9.59 Å². The summed E-state index contributed by atoms with van der Waals surface area (Å²) in [5.41, 5.74) is 3.06. The molecule has 4 rings (SSSR count). The summed E-state index contributed by atoms with van der Waals surface area (Å²) in [7, 11) is 0. The van der Waals surface area contributed by atoms with Gasteiger partial charge < -0.3 is 10.6 Å². The highest BCUT2D eigenvalue weighted by molar-refractivity contribution is 5.95. The Labute approximate surface area is 235 Å². The lowest BCUT2D eigenvalue weighted by atomic mass is 9.98. The van der Waals surface area contributed by atoms with E-state index in [-0.39, 0.29) is 29.7 Å². The van der Waals surface area contributed by atoms with Crippen LogP contribution in [0, 0.1) is 11.8 Å². The van der Waals surface area contributed by atoms with Gasteiger partial charge >= 0.3 is 0 Å². The summed E-state index contributed by atoms with van der Waals surface area (Å²) in [6.07, 6.45) is 0.